The van der Waals surface area contributed by atoms with E-state index >= 15 is 0 Å². The van der Waals surface area contributed by atoms with Crippen LogP contribution in [0.3, 0.4) is 0 Å². The van der Waals surface area contributed by atoms with Crippen molar-refractivity contribution in [3.63, 3.8) is 0 Å². The number of ether oxygens (including phenoxy) is 17. The lowest BCUT2D eigenvalue weighted by molar-refractivity contribution is -0.374. The fourth-order valence-electron chi connectivity index (χ4n) is 16.2. The molecule has 0 radical (unpaired) electrons. The molecule has 6 heterocycles. The van der Waals surface area contributed by atoms with Crippen LogP contribution in [0, 0.1) is 23.7 Å². The zero-order valence-corrected chi connectivity index (χ0v) is 58.9. The maximum atomic E-state index is 13.3. The molecule has 4 aliphatic carbocycles. The van der Waals surface area contributed by atoms with Gasteiger partial charge in [-0.1, -0.05) is 12.2 Å². The molecule has 610 valence electrons. The molecule has 0 aromatic rings. The summed E-state index contributed by atoms with van der Waals surface area (Å²) < 4.78 is 97.7. The molecule has 0 bridgehead atoms. The van der Waals surface area contributed by atoms with Crippen LogP contribution < -0.4 is 0 Å². The number of methoxy groups -OCH3 is 4. The van der Waals surface area contributed by atoms with E-state index < -0.39 is 290 Å². The van der Waals surface area contributed by atoms with Crippen LogP contribution in [0.25, 0.3) is 0 Å². The molecule has 13 unspecified atom stereocenters. The average molecular weight is 1540 g/mol. The molecule has 39 heteroatoms. The molecule has 0 spiro atoms. The van der Waals surface area contributed by atoms with Crippen LogP contribution in [0.4, 0.5) is 0 Å². The number of esters is 2. The van der Waals surface area contributed by atoms with Gasteiger partial charge in [-0.15, -0.1) is 0 Å². The van der Waals surface area contributed by atoms with Crippen molar-refractivity contribution in [1.29, 1.82) is 0 Å². The molecule has 106 heavy (non-hydrogen) atoms. The molecule has 10 fully saturated rings. The summed E-state index contributed by atoms with van der Waals surface area (Å²) >= 11 is 0. The Hall–Kier alpha value is -2.98. The lowest BCUT2D eigenvalue weighted by Crippen LogP contribution is -2.65. The van der Waals surface area contributed by atoms with Crippen molar-refractivity contribution in [2.45, 2.75) is 297 Å². The van der Waals surface area contributed by atoms with Crippen LogP contribution in [-0.2, 0) is 85.4 Å². The summed E-state index contributed by atoms with van der Waals surface area (Å²) in [5.41, 5.74) is 0. The number of carbonyl (C=O) groups excluding carboxylic acids is 2. The third kappa shape index (κ3) is 19.6. The Kier molecular flexibility index (Phi) is 30.8. The minimum absolute atomic E-state index is 0.00124. The van der Waals surface area contributed by atoms with Gasteiger partial charge in [0.1, 0.15) is 154 Å². The number of allylic oxidation sites excluding steroid dienone is 2. The smallest absolute Gasteiger partial charge is 0.330 e. The molecule has 0 aromatic carbocycles. The molecule has 10 rings (SSSR count). The van der Waals surface area contributed by atoms with Gasteiger partial charge in [0.2, 0.25) is 0 Å². The highest BCUT2D eigenvalue weighted by Crippen LogP contribution is 2.45. The van der Waals surface area contributed by atoms with Crippen molar-refractivity contribution in [1.82, 2.24) is 0 Å². The number of aliphatic hydroxyl groups excluding tert-OH is 20. The number of hydrogen-bond donors (Lipinski definition) is 20. The Balaban J connectivity index is 0.841. The van der Waals surface area contributed by atoms with Crippen molar-refractivity contribution in [3.8, 4) is 0 Å². The molecule has 0 aromatic heterocycles. The summed E-state index contributed by atoms with van der Waals surface area (Å²) in [6.07, 6.45) is -51.4. The normalized spacial score (nSPS) is 49.8. The number of hydrogen-bond acceptors (Lipinski definition) is 38. The van der Waals surface area contributed by atoms with E-state index in [9.17, 15) is 112 Å². The summed E-state index contributed by atoms with van der Waals surface area (Å²) in [5.74, 6) is -3.85. The van der Waals surface area contributed by atoms with Gasteiger partial charge in [0.15, 0.2) is 43.7 Å². The Morgan fingerprint density at radius 1 is 0.377 bits per heavy atom. The van der Waals surface area contributed by atoms with E-state index in [1.54, 1.807) is 6.08 Å². The summed E-state index contributed by atoms with van der Waals surface area (Å²) in [6, 6.07) is 0. The van der Waals surface area contributed by atoms with Crippen molar-refractivity contribution < 1.29 is 192 Å². The van der Waals surface area contributed by atoms with Gasteiger partial charge in [-0.3, -0.25) is 0 Å². The molecule has 21 N–H and O–H groups in total. The second kappa shape index (κ2) is 38.2. The Morgan fingerprint density at radius 3 is 1.25 bits per heavy atom. The van der Waals surface area contributed by atoms with Gasteiger partial charge < -0.3 is 183 Å². The van der Waals surface area contributed by atoms with Gasteiger partial charge >= 0.3 is 11.9 Å². The van der Waals surface area contributed by atoms with Crippen LogP contribution in [0.15, 0.2) is 24.3 Å². The Labute approximate surface area is 609 Å². The second-order valence-corrected chi connectivity index (χ2v) is 29.3. The van der Waals surface area contributed by atoms with E-state index in [1.807, 2.05) is 0 Å². The summed E-state index contributed by atoms with van der Waals surface area (Å²) in [5, 5.41) is 220. The summed E-state index contributed by atoms with van der Waals surface area (Å²) in [4.78, 5) is 26.3. The molecular weight excluding hydrogens is 1430 g/mol. The van der Waals surface area contributed by atoms with Crippen LogP contribution in [0.1, 0.15) is 64.2 Å². The highest BCUT2D eigenvalue weighted by molar-refractivity contribution is 5.82. The van der Waals surface area contributed by atoms with Crippen LogP contribution in [0.5, 0.6) is 0 Å². The second-order valence-electron chi connectivity index (χ2n) is 29.3. The molecule has 38 atom stereocenters. The number of rotatable bonds is 26. The molecule has 0 amide bonds. The van der Waals surface area contributed by atoms with Crippen LogP contribution in [0.2, 0.25) is 0 Å². The van der Waals surface area contributed by atoms with Crippen molar-refractivity contribution >= 4 is 11.9 Å². The van der Waals surface area contributed by atoms with Crippen LogP contribution >= 0.6 is 0 Å². The average Bonchev–Trinajstić information content (AvgIpc) is 0.767. The van der Waals surface area contributed by atoms with Gasteiger partial charge in [-0.25, -0.2) is 9.59 Å². The van der Waals surface area contributed by atoms with Gasteiger partial charge in [0.25, 0.3) is 0 Å². The summed E-state index contributed by atoms with van der Waals surface area (Å²) in [7, 11) is 5.72. The number of carbonyl (C=O) groups is 2. The van der Waals surface area contributed by atoms with Gasteiger partial charge in [-0.05, 0) is 63.2 Å². The lowest BCUT2D eigenvalue weighted by Gasteiger charge is -2.50. The van der Waals surface area contributed by atoms with Crippen molar-refractivity contribution in [2.75, 3.05) is 61.5 Å². The molecule has 4 saturated carbocycles. The first-order chi connectivity index (χ1) is 50.5. The predicted octanol–water partition coefficient (Wildman–Crippen LogP) is -10.4. The molecule has 10 aliphatic rings. The Bertz CT molecular complexity index is 2750. The van der Waals surface area contributed by atoms with Crippen molar-refractivity contribution in [2.24, 2.45) is 23.7 Å². The quantitative estimate of drug-likeness (QED) is 0.0217. The summed E-state index contributed by atoms with van der Waals surface area (Å²) in [6.45, 7) is -3.94. The topological polar surface area (TPSA) is 599 Å². The first-order valence-corrected chi connectivity index (χ1v) is 36.0. The monoisotopic (exact) mass is 1540 g/mol. The lowest BCUT2D eigenvalue weighted by atomic mass is 9.72. The standard InChI is InChI=1S/C67H108O39/c1-90-33-11-24(12-34(91-2)45(33)74)5-9-43(72)94-21-40-49(78)54(83)56(85)64(104-40)97-27-16-30(71)28-18-37(61(98-31(28)17-27)26-7-8-29(70)32(15-26)99-65-57(86)52(81)47(76)38(19-68)101-65)100-66-58(87)55(84)50(79)41(105-66)23-96-63-60(89)62(106-67-59(88)53(82)48(77)39(20-69)102-67)51(80)42(103-63)22-95-44(73)10-6-25-13-35(92-3)46(75)36(14-25)93-4/h5-6,9-10,24-42,45-71,74-89H,7-8,11-23H2,1-4H3/p+1/t24?,25?,26?,27?,28?,29?,30?,31?,32?,33?,34?,35?,36?,37?,38-,39-,40-,41-,42-,45?,46?,47-,48-,49-,50-,51-,52+,53+,54+,55+,56-,57-,58-,59-,60-,61?,62+,63-,64-,65-,66-,67+/m1/s1. The fraction of sp³-hybridized carbons (Fsp3) is 0.910. The number of fused-ring (bicyclic) bond motifs is 1. The predicted molar refractivity (Wildman–Crippen MR) is 344 cm³/mol. The van der Waals surface area contributed by atoms with Crippen molar-refractivity contribution in [3.05, 3.63) is 24.3 Å². The Morgan fingerprint density at radius 2 is 0.783 bits per heavy atom. The zero-order valence-electron chi connectivity index (χ0n) is 58.9. The molecule has 39 nitrogen and oxygen atoms in total. The third-order valence-electron chi connectivity index (χ3n) is 22.5. The van der Waals surface area contributed by atoms with E-state index in [0.717, 1.165) is 12.2 Å². The van der Waals surface area contributed by atoms with Crippen LogP contribution in [-0.4, -0.2) is 413 Å². The van der Waals surface area contributed by atoms with E-state index in [-0.39, 0.29) is 50.4 Å². The molecule has 6 saturated heterocycles. The minimum Gasteiger partial charge on any atom is -0.460 e. The molecular formula is C67H109O39+. The minimum atomic E-state index is -2.11. The van der Waals surface area contributed by atoms with E-state index in [0.29, 0.717) is 25.7 Å². The zero-order chi connectivity index (χ0) is 76.9. The fourth-order valence-corrected chi connectivity index (χ4v) is 16.2. The SMILES string of the molecule is COC1CC(C=CC(=O)OC[C@H]2O[C@@H](OC3CC(O)C4CC(O[C@@H]5O[C@H](CO[C@@H]6O[C@H](COC(=O)C=CC7CC(OC)C(O)C(OC)C7)[C@@H](O)[C@H](O[C@@H]7O[C@H](CO)[C@@H](O)[C@H](O)[C@H]7O)[C@H]6O)[C@@H](O)[C@H](O)[C@H]5O)C(C5CCC(O)C(O[C@@H]6O[C@H](CO)[C@@H](O)[C@H](O)[C@H]6O)C5)[OH+]C4C3)[C@H](O)[C@@H](O)[C@@H]2O)CC(OC)C1O. The number of aliphatic hydroxyl groups is 22. The van der Waals surface area contributed by atoms with E-state index in [2.05, 4.69) is 0 Å². The van der Waals surface area contributed by atoms with E-state index in [4.69, 9.17) is 80.5 Å². The first kappa shape index (κ1) is 85.4. The maximum Gasteiger partial charge on any atom is 0.330 e. The third-order valence-corrected chi connectivity index (χ3v) is 22.5. The van der Waals surface area contributed by atoms with Gasteiger partial charge in [-0.2, -0.15) is 0 Å². The highest BCUT2D eigenvalue weighted by Gasteiger charge is 2.59. The van der Waals surface area contributed by atoms with Gasteiger partial charge in [0, 0.05) is 59.4 Å². The van der Waals surface area contributed by atoms with E-state index in [1.165, 1.54) is 34.5 Å². The largest absolute Gasteiger partial charge is 0.460 e. The molecule has 6 aliphatic heterocycles. The first-order valence-electron chi connectivity index (χ1n) is 36.0. The highest BCUT2D eigenvalue weighted by atomic mass is 16.8. The van der Waals surface area contributed by atoms with Gasteiger partial charge in [0.05, 0.1) is 74.6 Å². The maximum absolute atomic E-state index is 13.3.